The fourth-order valence-electron chi connectivity index (χ4n) is 2.85. The molecule has 3 nitrogen and oxygen atoms in total. The molecule has 0 aliphatic rings. The van der Waals surface area contributed by atoms with E-state index in [1.165, 1.54) is 0 Å². The summed E-state index contributed by atoms with van der Waals surface area (Å²) in [5.41, 5.74) is 1.81. The Morgan fingerprint density at radius 2 is 1.68 bits per heavy atom. The Hall–Kier alpha value is -2.24. The van der Waals surface area contributed by atoms with Crippen LogP contribution in [0.15, 0.2) is 82.2 Å². The van der Waals surface area contributed by atoms with E-state index >= 15 is 0 Å². The first-order valence-corrected chi connectivity index (χ1v) is 10.5. The maximum Gasteiger partial charge on any atom is 0.164 e. The first kappa shape index (κ1) is 20.5. The third-order valence-corrected chi connectivity index (χ3v) is 6.17. The van der Waals surface area contributed by atoms with Crippen LogP contribution in [0.5, 0.6) is 11.5 Å². The Morgan fingerprint density at radius 1 is 0.964 bits per heavy atom. The number of ether oxygens (including phenoxy) is 2. The molecule has 0 aliphatic heterocycles. The van der Waals surface area contributed by atoms with Crippen LogP contribution in [0.2, 0.25) is 0 Å². The number of methoxy groups -OCH3 is 2. The number of halogens is 1. The zero-order valence-electron chi connectivity index (χ0n) is 15.7. The van der Waals surface area contributed by atoms with Gasteiger partial charge in [0.25, 0.3) is 0 Å². The second-order valence-electron chi connectivity index (χ2n) is 6.17. The van der Waals surface area contributed by atoms with E-state index in [4.69, 9.17) is 9.47 Å². The Bertz CT molecular complexity index is 926. The van der Waals surface area contributed by atoms with Crippen molar-refractivity contribution in [3.05, 3.63) is 88.4 Å². The molecule has 0 bridgehead atoms. The summed E-state index contributed by atoms with van der Waals surface area (Å²) in [5.74, 6) is 1.63. The molecule has 0 saturated carbocycles. The topological polar surface area (TPSA) is 35.5 Å². The van der Waals surface area contributed by atoms with E-state index in [-0.39, 0.29) is 11.0 Å². The molecule has 144 valence electrons. The van der Waals surface area contributed by atoms with Gasteiger partial charge in [0.1, 0.15) is 11.5 Å². The molecule has 3 aromatic rings. The summed E-state index contributed by atoms with van der Waals surface area (Å²) in [6.45, 7) is 0. The molecule has 28 heavy (non-hydrogen) atoms. The Morgan fingerprint density at radius 3 is 2.32 bits per heavy atom. The largest absolute Gasteiger partial charge is 0.497 e. The third kappa shape index (κ3) is 5.18. The average molecular weight is 457 g/mol. The number of hydrogen-bond donors (Lipinski definition) is 0. The van der Waals surface area contributed by atoms with E-state index in [2.05, 4.69) is 28.1 Å². The van der Waals surface area contributed by atoms with Gasteiger partial charge in [-0.3, -0.25) is 4.79 Å². The van der Waals surface area contributed by atoms with Gasteiger partial charge in [0, 0.05) is 21.7 Å². The summed E-state index contributed by atoms with van der Waals surface area (Å²) in [5, 5.41) is -0.0432. The minimum absolute atomic E-state index is 0.0432. The molecule has 0 fully saturated rings. The van der Waals surface area contributed by atoms with Crippen LogP contribution >= 0.6 is 27.7 Å². The number of ketones is 1. The van der Waals surface area contributed by atoms with Crippen molar-refractivity contribution < 1.29 is 14.3 Å². The summed E-state index contributed by atoms with van der Waals surface area (Å²) in [6.07, 6.45) is 0.386. The molecule has 0 amide bonds. The minimum Gasteiger partial charge on any atom is -0.497 e. The number of carbonyl (C=O) groups is 1. The van der Waals surface area contributed by atoms with E-state index in [0.29, 0.717) is 12.0 Å². The first-order chi connectivity index (χ1) is 13.6. The lowest BCUT2D eigenvalue weighted by molar-refractivity contribution is 0.0982. The van der Waals surface area contributed by atoms with E-state index in [1.807, 2.05) is 60.7 Å². The minimum atomic E-state index is -0.0432. The van der Waals surface area contributed by atoms with Gasteiger partial charge in [0.15, 0.2) is 5.78 Å². The van der Waals surface area contributed by atoms with Gasteiger partial charge in [-0.05, 0) is 35.9 Å². The van der Waals surface area contributed by atoms with Gasteiger partial charge in [-0.1, -0.05) is 58.4 Å². The highest BCUT2D eigenvalue weighted by molar-refractivity contribution is 9.10. The van der Waals surface area contributed by atoms with Crippen LogP contribution in [0, 0.1) is 0 Å². The lowest BCUT2D eigenvalue weighted by atomic mass is 10.0. The normalized spacial score (nSPS) is 11.7. The lowest BCUT2D eigenvalue weighted by Gasteiger charge is -2.19. The van der Waals surface area contributed by atoms with Crippen LogP contribution in [-0.4, -0.2) is 20.0 Å². The second-order valence-corrected chi connectivity index (χ2v) is 8.33. The van der Waals surface area contributed by atoms with Crippen molar-refractivity contribution in [2.75, 3.05) is 14.2 Å². The van der Waals surface area contributed by atoms with E-state index < -0.39 is 0 Å². The number of thioether (sulfide) groups is 1. The number of Topliss-reactive ketones (excluding diaryl/α,β-unsaturated/α-hetero) is 1. The molecule has 1 unspecified atom stereocenters. The molecule has 3 rings (SSSR count). The predicted octanol–water partition coefficient (Wildman–Crippen LogP) is 6.57. The SMILES string of the molecule is COc1ccc(OC)c(SC(CC(=O)c2ccc(Br)cc2)c2ccccc2)c1. The maximum atomic E-state index is 12.9. The van der Waals surface area contributed by atoms with Crippen LogP contribution < -0.4 is 9.47 Å². The lowest BCUT2D eigenvalue weighted by Crippen LogP contribution is -2.06. The van der Waals surface area contributed by atoms with Crippen molar-refractivity contribution in [2.45, 2.75) is 16.6 Å². The molecule has 0 aliphatic carbocycles. The molecule has 0 radical (unpaired) electrons. The average Bonchev–Trinajstić information content (AvgIpc) is 2.74. The highest BCUT2D eigenvalue weighted by atomic mass is 79.9. The predicted molar refractivity (Wildman–Crippen MR) is 118 cm³/mol. The van der Waals surface area contributed by atoms with Crippen LogP contribution in [-0.2, 0) is 0 Å². The third-order valence-electron chi connectivity index (χ3n) is 4.35. The molecular weight excluding hydrogens is 436 g/mol. The molecule has 0 heterocycles. The van der Waals surface area contributed by atoms with Crippen molar-refractivity contribution in [2.24, 2.45) is 0 Å². The summed E-state index contributed by atoms with van der Waals surface area (Å²) in [4.78, 5) is 13.9. The summed E-state index contributed by atoms with van der Waals surface area (Å²) in [6, 6.07) is 23.3. The molecule has 0 spiro atoms. The molecule has 0 aromatic heterocycles. The van der Waals surface area contributed by atoms with Crippen LogP contribution in [0.25, 0.3) is 0 Å². The molecule has 3 aromatic carbocycles. The summed E-state index contributed by atoms with van der Waals surface area (Å²) in [7, 11) is 3.29. The number of benzene rings is 3. The highest BCUT2D eigenvalue weighted by Gasteiger charge is 2.20. The van der Waals surface area contributed by atoms with E-state index in [0.717, 1.165) is 26.4 Å². The monoisotopic (exact) mass is 456 g/mol. The highest BCUT2D eigenvalue weighted by Crippen LogP contribution is 2.43. The van der Waals surface area contributed by atoms with Gasteiger partial charge in [-0.25, -0.2) is 0 Å². The van der Waals surface area contributed by atoms with Gasteiger partial charge in [-0.15, -0.1) is 11.8 Å². The van der Waals surface area contributed by atoms with Crippen LogP contribution in [0.4, 0.5) is 0 Å². The Labute approximate surface area is 178 Å². The first-order valence-electron chi connectivity index (χ1n) is 8.83. The van der Waals surface area contributed by atoms with E-state index in [9.17, 15) is 4.79 Å². The number of hydrogen-bond acceptors (Lipinski definition) is 4. The van der Waals surface area contributed by atoms with Crippen molar-refractivity contribution >= 4 is 33.5 Å². The smallest absolute Gasteiger partial charge is 0.164 e. The van der Waals surface area contributed by atoms with Gasteiger partial charge >= 0.3 is 0 Å². The van der Waals surface area contributed by atoms with Crippen LogP contribution in [0.3, 0.4) is 0 Å². The molecule has 5 heteroatoms. The van der Waals surface area contributed by atoms with Gasteiger partial charge in [-0.2, -0.15) is 0 Å². The summed E-state index contributed by atoms with van der Waals surface area (Å²) < 4.78 is 11.8. The molecule has 0 N–H and O–H groups in total. The molecular formula is C23H21BrO3S. The fourth-order valence-corrected chi connectivity index (χ4v) is 4.40. The quantitative estimate of drug-likeness (QED) is 0.283. The van der Waals surface area contributed by atoms with Gasteiger partial charge < -0.3 is 9.47 Å². The number of rotatable bonds is 8. The number of carbonyl (C=O) groups excluding carboxylic acids is 1. The molecule has 1 atom stereocenters. The molecule has 0 saturated heterocycles. The zero-order chi connectivity index (χ0) is 19.9. The Balaban J connectivity index is 1.90. The fraction of sp³-hybridized carbons (Fsp3) is 0.174. The summed E-state index contributed by atoms with van der Waals surface area (Å²) >= 11 is 5.03. The maximum absolute atomic E-state index is 12.9. The zero-order valence-corrected chi connectivity index (χ0v) is 18.1. The van der Waals surface area contributed by atoms with E-state index in [1.54, 1.807) is 26.0 Å². The Kier molecular flexibility index (Phi) is 7.18. The van der Waals surface area contributed by atoms with Crippen molar-refractivity contribution in [1.82, 2.24) is 0 Å². The van der Waals surface area contributed by atoms with Gasteiger partial charge in [0.2, 0.25) is 0 Å². The second kappa shape index (κ2) is 9.80. The standard InChI is InChI=1S/C23H21BrO3S/c1-26-19-12-13-21(27-2)23(14-19)28-22(17-6-4-3-5-7-17)15-20(25)16-8-10-18(24)11-9-16/h3-14,22H,15H2,1-2H3. The van der Waals surface area contributed by atoms with Crippen LogP contribution in [0.1, 0.15) is 27.6 Å². The van der Waals surface area contributed by atoms with Crippen molar-refractivity contribution in [3.63, 3.8) is 0 Å². The van der Waals surface area contributed by atoms with Crippen molar-refractivity contribution in [3.8, 4) is 11.5 Å². The van der Waals surface area contributed by atoms with Gasteiger partial charge in [0.05, 0.1) is 19.1 Å². The van der Waals surface area contributed by atoms with Crippen molar-refractivity contribution in [1.29, 1.82) is 0 Å².